The molecule has 5 rings (SSSR count). The highest BCUT2D eigenvalue weighted by Gasteiger charge is 2.39. The minimum Gasteiger partial charge on any atom is -0.497 e. The first-order chi connectivity index (χ1) is 18.7. The topological polar surface area (TPSA) is 80.0 Å². The van der Waals surface area contributed by atoms with Crippen molar-refractivity contribution in [2.75, 3.05) is 33.3 Å². The van der Waals surface area contributed by atoms with Crippen LogP contribution in [0.3, 0.4) is 0 Å². The first-order valence-corrected chi connectivity index (χ1v) is 13.2. The molecular weight excluding hydrogens is 531 g/mol. The van der Waals surface area contributed by atoms with Crippen molar-refractivity contribution in [1.29, 1.82) is 0 Å². The second-order valence-corrected chi connectivity index (χ2v) is 10.2. The third kappa shape index (κ3) is 5.13. The molecule has 1 aliphatic heterocycles. The Morgan fingerprint density at radius 1 is 1.15 bits per heavy atom. The van der Waals surface area contributed by atoms with Crippen LogP contribution >= 0.6 is 11.3 Å². The Balaban J connectivity index is 1.47. The van der Waals surface area contributed by atoms with Crippen LogP contribution in [0.4, 0.5) is 13.2 Å². The van der Waals surface area contributed by atoms with Gasteiger partial charge in [-0.1, -0.05) is 6.07 Å². The van der Waals surface area contributed by atoms with Crippen LogP contribution in [-0.4, -0.2) is 69.9 Å². The zero-order valence-corrected chi connectivity index (χ0v) is 22.1. The number of fused-ring (bicyclic) bond motifs is 1. The van der Waals surface area contributed by atoms with Gasteiger partial charge in [0.1, 0.15) is 17.6 Å². The van der Waals surface area contributed by atoms with Gasteiger partial charge in [-0.3, -0.25) is 9.69 Å². The Hall–Kier alpha value is -3.77. The summed E-state index contributed by atoms with van der Waals surface area (Å²) < 4.78 is 48.5. The van der Waals surface area contributed by atoms with Crippen LogP contribution in [0.15, 0.2) is 48.0 Å². The molecule has 0 radical (unpaired) electrons. The number of benzene rings is 1. The lowest BCUT2D eigenvalue weighted by Gasteiger charge is -2.38. The van der Waals surface area contributed by atoms with E-state index in [-0.39, 0.29) is 28.5 Å². The maximum atomic E-state index is 14.2. The molecule has 0 bridgehead atoms. The Labute approximate surface area is 226 Å². The third-order valence-electron chi connectivity index (χ3n) is 6.98. The Morgan fingerprint density at radius 2 is 1.87 bits per heavy atom. The van der Waals surface area contributed by atoms with E-state index in [0.29, 0.717) is 48.4 Å². The number of methoxy groups -OCH3 is 1. The SMILES string of the molecule is COc1ccc(-c2nc3c(C(=O)N4CCN([C@@H](CC=O)c5cccs5)CC4)cnn3c(C(F)(F)F)c2C)cc1. The van der Waals surface area contributed by atoms with Crippen molar-refractivity contribution >= 4 is 29.2 Å². The quantitative estimate of drug-likeness (QED) is 0.302. The highest BCUT2D eigenvalue weighted by atomic mass is 32.1. The summed E-state index contributed by atoms with van der Waals surface area (Å²) in [5, 5.41) is 5.90. The zero-order chi connectivity index (χ0) is 27.7. The number of alkyl halides is 3. The van der Waals surface area contributed by atoms with Crippen molar-refractivity contribution in [2.24, 2.45) is 0 Å². The van der Waals surface area contributed by atoms with Crippen LogP contribution < -0.4 is 4.74 Å². The number of hydrogen-bond donors (Lipinski definition) is 0. The van der Waals surface area contributed by atoms with Crippen LogP contribution in [0.5, 0.6) is 5.75 Å². The van der Waals surface area contributed by atoms with E-state index in [0.717, 1.165) is 17.4 Å². The first-order valence-electron chi connectivity index (χ1n) is 12.3. The van der Waals surface area contributed by atoms with Gasteiger partial charge in [-0.05, 0) is 42.6 Å². The Kier molecular flexibility index (Phi) is 7.41. The summed E-state index contributed by atoms with van der Waals surface area (Å²) in [5.74, 6) is 0.125. The van der Waals surface area contributed by atoms with E-state index in [1.165, 1.54) is 14.0 Å². The van der Waals surface area contributed by atoms with Gasteiger partial charge in [-0.25, -0.2) is 9.50 Å². The van der Waals surface area contributed by atoms with Gasteiger partial charge in [0.15, 0.2) is 11.3 Å². The van der Waals surface area contributed by atoms with Crippen LogP contribution in [0.1, 0.15) is 39.0 Å². The Morgan fingerprint density at radius 3 is 2.46 bits per heavy atom. The standard InChI is InChI=1S/C27H26F3N5O3S/c1-17-23(18-5-7-19(38-2)8-6-18)32-25-20(16-31-35(25)24(17)27(28,29)30)26(37)34-12-10-33(11-13-34)21(9-14-36)22-4-3-15-39-22/h3-8,14-16,21H,9-13H2,1-2H3/t21-/m0/s1. The van der Waals surface area contributed by atoms with Crippen LogP contribution in [0, 0.1) is 6.92 Å². The summed E-state index contributed by atoms with van der Waals surface area (Å²) in [6.45, 7) is 3.12. The van der Waals surface area contributed by atoms with Gasteiger partial charge >= 0.3 is 6.18 Å². The largest absolute Gasteiger partial charge is 0.497 e. The molecule has 1 aliphatic rings. The molecule has 8 nitrogen and oxygen atoms in total. The molecule has 1 fully saturated rings. The van der Waals surface area contributed by atoms with Crippen molar-refractivity contribution < 1.29 is 27.5 Å². The summed E-state index contributed by atoms with van der Waals surface area (Å²) >= 11 is 1.58. The highest BCUT2D eigenvalue weighted by Crippen LogP contribution is 2.37. The molecule has 1 atom stereocenters. The average molecular weight is 558 g/mol. The summed E-state index contributed by atoms with van der Waals surface area (Å²) in [6.07, 6.45) is -2.32. The van der Waals surface area contributed by atoms with Gasteiger partial charge < -0.3 is 14.4 Å². The predicted molar refractivity (Wildman–Crippen MR) is 140 cm³/mol. The van der Waals surface area contributed by atoms with E-state index < -0.39 is 17.8 Å². The number of ether oxygens (including phenoxy) is 1. The van der Waals surface area contributed by atoms with Crippen LogP contribution in [0.25, 0.3) is 16.9 Å². The van der Waals surface area contributed by atoms with E-state index in [4.69, 9.17) is 4.74 Å². The van der Waals surface area contributed by atoms with Crippen molar-refractivity contribution in [1.82, 2.24) is 24.4 Å². The van der Waals surface area contributed by atoms with Gasteiger partial charge in [0.2, 0.25) is 0 Å². The number of aldehydes is 1. The fourth-order valence-corrected chi connectivity index (χ4v) is 5.89. The lowest BCUT2D eigenvalue weighted by Crippen LogP contribution is -2.49. The molecule has 0 unspecified atom stereocenters. The smallest absolute Gasteiger partial charge is 0.433 e. The lowest BCUT2D eigenvalue weighted by molar-refractivity contribution is -0.143. The molecule has 0 N–H and O–H groups in total. The summed E-state index contributed by atoms with van der Waals surface area (Å²) in [4.78, 5) is 34.2. The number of rotatable bonds is 7. The molecular formula is C27H26F3N5O3S. The van der Waals surface area contributed by atoms with E-state index in [1.54, 1.807) is 40.5 Å². The molecule has 204 valence electrons. The maximum Gasteiger partial charge on any atom is 0.433 e. The highest BCUT2D eigenvalue weighted by molar-refractivity contribution is 7.10. The van der Waals surface area contributed by atoms with Crippen molar-refractivity contribution in [3.05, 3.63) is 69.7 Å². The molecule has 4 heterocycles. The van der Waals surface area contributed by atoms with Gasteiger partial charge in [0.25, 0.3) is 5.91 Å². The molecule has 0 spiro atoms. The predicted octanol–water partition coefficient (Wildman–Crippen LogP) is 4.88. The van der Waals surface area contributed by atoms with Gasteiger partial charge in [-0.2, -0.15) is 18.3 Å². The molecule has 0 saturated carbocycles. The second kappa shape index (κ2) is 10.8. The lowest BCUT2D eigenvalue weighted by atomic mass is 10.0. The number of nitrogens with zero attached hydrogens (tertiary/aromatic N) is 5. The van der Waals surface area contributed by atoms with Crippen molar-refractivity contribution in [3.8, 4) is 17.0 Å². The number of thiophene rings is 1. The normalized spacial score (nSPS) is 15.5. The first kappa shape index (κ1) is 26.8. The zero-order valence-electron chi connectivity index (χ0n) is 21.3. The summed E-state index contributed by atoms with van der Waals surface area (Å²) in [7, 11) is 1.50. The molecule has 3 aromatic heterocycles. The number of amides is 1. The van der Waals surface area contributed by atoms with Crippen molar-refractivity contribution in [2.45, 2.75) is 25.6 Å². The minimum absolute atomic E-state index is 0.00594. The molecule has 39 heavy (non-hydrogen) atoms. The fourth-order valence-electron chi connectivity index (χ4n) is 5.01. The molecule has 1 saturated heterocycles. The average Bonchev–Trinajstić information content (AvgIpc) is 3.61. The summed E-state index contributed by atoms with van der Waals surface area (Å²) in [5.41, 5.74) is -0.635. The molecule has 1 amide bonds. The number of carbonyl (C=O) groups excluding carboxylic acids is 2. The molecule has 12 heteroatoms. The maximum absolute atomic E-state index is 14.2. The number of piperazine rings is 1. The van der Waals surface area contributed by atoms with Crippen LogP contribution in [0.2, 0.25) is 0 Å². The van der Waals surface area contributed by atoms with E-state index in [9.17, 15) is 22.8 Å². The van der Waals surface area contributed by atoms with Crippen LogP contribution in [-0.2, 0) is 11.0 Å². The number of carbonyl (C=O) groups is 2. The van der Waals surface area contributed by atoms with E-state index in [2.05, 4.69) is 15.0 Å². The van der Waals surface area contributed by atoms with Crippen molar-refractivity contribution in [3.63, 3.8) is 0 Å². The van der Waals surface area contributed by atoms with Gasteiger partial charge in [0, 0.05) is 48.6 Å². The Bertz CT molecular complexity index is 1480. The number of hydrogen-bond acceptors (Lipinski definition) is 7. The van der Waals surface area contributed by atoms with Gasteiger partial charge in [0.05, 0.1) is 25.0 Å². The summed E-state index contributed by atoms with van der Waals surface area (Å²) in [6, 6.07) is 10.4. The second-order valence-electron chi connectivity index (χ2n) is 9.22. The minimum atomic E-state index is -4.72. The molecule has 1 aromatic carbocycles. The van der Waals surface area contributed by atoms with E-state index >= 15 is 0 Å². The van der Waals surface area contributed by atoms with Gasteiger partial charge in [-0.15, -0.1) is 11.3 Å². The fraction of sp³-hybridized carbons (Fsp3) is 0.333. The number of halogens is 3. The number of aromatic nitrogens is 3. The monoisotopic (exact) mass is 557 g/mol. The molecule has 4 aromatic rings. The third-order valence-corrected chi connectivity index (χ3v) is 7.95. The van der Waals surface area contributed by atoms with E-state index in [1.807, 2.05) is 17.5 Å². The molecule has 0 aliphatic carbocycles.